The summed E-state index contributed by atoms with van der Waals surface area (Å²) in [5.41, 5.74) is -0.0473. The summed E-state index contributed by atoms with van der Waals surface area (Å²) < 4.78 is 6.73. The minimum Gasteiger partial charge on any atom is -0.432 e. The van der Waals surface area contributed by atoms with Gasteiger partial charge in [0.15, 0.2) is 0 Å². The molecule has 2 aromatic heterocycles. The van der Waals surface area contributed by atoms with E-state index < -0.39 is 0 Å². The number of nitrogens with zero attached hydrogens (tertiary/aromatic N) is 4. The fourth-order valence-corrected chi connectivity index (χ4v) is 2.88. The molecular weight excluding hydrogens is 282 g/mol. The van der Waals surface area contributed by atoms with E-state index in [9.17, 15) is 4.79 Å². The van der Waals surface area contributed by atoms with Crippen molar-refractivity contribution >= 4 is 6.01 Å². The highest BCUT2D eigenvalue weighted by Crippen LogP contribution is 2.17. The monoisotopic (exact) mass is 303 g/mol. The van der Waals surface area contributed by atoms with Crippen molar-refractivity contribution in [2.24, 2.45) is 0 Å². The van der Waals surface area contributed by atoms with Crippen molar-refractivity contribution < 1.29 is 4.42 Å². The van der Waals surface area contributed by atoms with Gasteiger partial charge in [0.1, 0.15) is 6.26 Å². The van der Waals surface area contributed by atoms with Crippen molar-refractivity contribution in [3.63, 3.8) is 0 Å². The third-order valence-corrected chi connectivity index (χ3v) is 4.05. The maximum absolute atomic E-state index is 11.7. The Labute approximate surface area is 129 Å². The van der Waals surface area contributed by atoms with Crippen LogP contribution in [-0.2, 0) is 6.54 Å². The van der Waals surface area contributed by atoms with Gasteiger partial charge in [0.2, 0.25) is 0 Å². The zero-order valence-electron chi connectivity index (χ0n) is 12.5. The van der Waals surface area contributed by atoms with E-state index in [1.807, 2.05) is 0 Å². The summed E-state index contributed by atoms with van der Waals surface area (Å²) in [4.78, 5) is 18.2. The third kappa shape index (κ3) is 3.73. The fraction of sp³-hybridized carbons (Fsp3) is 0.533. The van der Waals surface area contributed by atoms with Crippen molar-refractivity contribution in [3.05, 3.63) is 41.1 Å². The van der Waals surface area contributed by atoms with Crippen molar-refractivity contribution in [2.75, 3.05) is 25.0 Å². The van der Waals surface area contributed by atoms with Gasteiger partial charge in [0.05, 0.1) is 12.7 Å². The van der Waals surface area contributed by atoms with E-state index in [4.69, 9.17) is 4.42 Å². The standard InChI is InChI=1S/C15H21N5O2/c21-14-5-3-6-18-20(14)10-9-19-8-2-1-4-13(19)12-17-15-16-7-11-22-15/h3,5-7,11,13H,1-2,4,8-10,12H2,(H,16,17). The molecule has 2 aromatic rings. The highest BCUT2D eigenvalue weighted by Gasteiger charge is 2.22. The average molecular weight is 303 g/mol. The van der Waals surface area contributed by atoms with Crippen LogP contribution in [0.4, 0.5) is 6.01 Å². The first-order valence-corrected chi connectivity index (χ1v) is 7.72. The highest BCUT2D eigenvalue weighted by molar-refractivity contribution is 5.18. The van der Waals surface area contributed by atoms with Crippen molar-refractivity contribution in [1.82, 2.24) is 19.7 Å². The summed E-state index contributed by atoms with van der Waals surface area (Å²) in [6, 6.07) is 4.21. The second-order valence-electron chi connectivity index (χ2n) is 5.49. The van der Waals surface area contributed by atoms with Crippen LogP contribution in [0.3, 0.4) is 0 Å². The second kappa shape index (κ2) is 7.22. The van der Waals surface area contributed by atoms with Gasteiger partial charge in [-0.2, -0.15) is 5.10 Å². The van der Waals surface area contributed by atoms with Crippen LogP contribution < -0.4 is 10.9 Å². The average Bonchev–Trinajstić information content (AvgIpc) is 3.06. The van der Waals surface area contributed by atoms with Gasteiger partial charge in [-0.25, -0.2) is 9.67 Å². The summed E-state index contributed by atoms with van der Waals surface area (Å²) in [6.07, 6.45) is 8.43. The largest absolute Gasteiger partial charge is 0.432 e. The number of oxazole rings is 1. The highest BCUT2D eigenvalue weighted by atomic mass is 16.4. The number of hydrogen-bond acceptors (Lipinski definition) is 6. The van der Waals surface area contributed by atoms with E-state index in [0.29, 0.717) is 18.6 Å². The SMILES string of the molecule is O=c1cccnn1CCN1CCCCC1CNc1ncco1. The molecule has 0 aliphatic carbocycles. The van der Waals surface area contributed by atoms with E-state index in [0.717, 1.165) is 26.1 Å². The number of likely N-dealkylation sites (tertiary alicyclic amines) is 1. The van der Waals surface area contributed by atoms with Gasteiger partial charge in [-0.15, -0.1) is 0 Å². The van der Waals surface area contributed by atoms with Gasteiger partial charge in [-0.1, -0.05) is 6.42 Å². The fourth-order valence-electron chi connectivity index (χ4n) is 2.88. The predicted molar refractivity (Wildman–Crippen MR) is 82.7 cm³/mol. The van der Waals surface area contributed by atoms with Crippen LogP contribution >= 0.6 is 0 Å². The summed E-state index contributed by atoms with van der Waals surface area (Å²) in [5.74, 6) is 0. The van der Waals surface area contributed by atoms with Crippen LogP contribution in [0.15, 0.2) is 40.0 Å². The van der Waals surface area contributed by atoms with Crippen molar-refractivity contribution in [1.29, 1.82) is 0 Å². The molecule has 1 N–H and O–H groups in total. The number of piperidine rings is 1. The molecule has 3 heterocycles. The molecule has 0 saturated carbocycles. The Morgan fingerprint density at radius 3 is 3.09 bits per heavy atom. The van der Waals surface area contributed by atoms with Crippen molar-refractivity contribution in [2.45, 2.75) is 31.8 Å². The number of nitrogens with one attached hydrogen (secondary N) is 1. The molecular formula is C15H21N5O2. The minimum atomic E-state index is -0.0473. The van der Waals surface area contributed by atoms with E-state index >= 15 is 0 Å². The smallest absolute Gasteiger partial charge is 0.294 e. The Morgan fingerprint density at radius 1 is 1.32 bits per heavy atom. The third-order valence-electron chi connectivity index (χ3n) is 4.05. The van der Waals surface area contributed by atoms with Gasteiger partial charge in [-0.3, -0.25) is 9.69 Å². The molecule has 1 unspecified atom stereocenters. The van der Waals surface area contributed by atoms with Crippen LogP contribution in [0.5, 0.6) is 0 Å². The molecule has 1 aliphatic rings. The molecule has 22 heavy (non-hydrogen) atoms. The van der Waals surface area contributed by atoms with E-state index in [-0.39, 0.29) is 5.56 Å². The lowest BCUT2D eigenvalue weighted by atomic mass is 10.0. The minimum absolute atomic E-state index is 0.0473. The number of aromatic nitrogens is 3. The zero-order valence-corrected chi connectivity index (χ0v) is 12.5. The Bertz CT molecular complexity index is 625. The molecule has 3 rings (SSSR count). The van der Waals surface area contributed by atoms with Gasteiger partial charge < -0.3 is 9.73 Å². The van der Waals surface area contributed by atoms with E-state index in [2.05, 4.69) is 20.3 Å². The number of anilines is 1. The molecule has 0 spiro atoms. The van der Waals surface area contributed by atoms with Gasteiger partial charge in [0.25, 0.3) is 11.6 Å². The Kier molecular flexibility index (Phi) is 4.85. The number of hydrogen-bond donors (Lipinski definition) is 1. The first-order valence-electron chi connectivity index (χ1n) is 7.72. The molecule has 1 saturated heterocycles. The summed E-state index contributed by atoms with van der Waals surface area (Å²) in [5, 5.41) is 7.34. The van der Waals surface area contributed by atoms with Crippen LogP contribution in [0.1, 0.15) is 19.3 Å². The first kappa shape index (κ1) is 14.8. The molecule has 1 atom stereocenters. The van der Waals surface area contributed by atoms with Crippen LogP contribution in [0.2, 0.25) is 0 Å². The first-order chi connectivity index (χ1) is 10.8. The topological polar surface area (TPSA) is 76.2 Å². The molecule has 118 valence electrons. The summed E-state index contributed by atoms with van der Waals surface area (Å²) in [6.45, 7) is 3.31. The normalized spacial score (nSPS) is 19.2. The Balaban J connectivity index is 1.55. The lowest BCUT2D eigenvalue weighted by molar-refractivity contribution is 0.147. The van der Waals surface area contributed by atoms with Crippen LogP contribution in [0.25, 0.3) is 0 Å². The van der Waals surface area contributed by atoms with Crippen LogP contribution in [0, 0.1) is 0 Å². The predicted octanol–water partition coefficient (Wildman–Crippen LogP) is 1.20. The summed E-state index contributed by atoms with van der Waals surface area (Å²) >= 11 is 0. The molecule has 0 radical (unpaired) electrons. The maximum Gasteiger partial charge on any atom is 0.294 e. The lowest BCUT2D eigenvalue weighted by Crippen LogP contribution is -2.45. The maximum atomic E-state index is 11.7. The molecule has 0 bridgehead atoms. The second-order valence-corrected chi connectivity index (χ2v) is 5.49. The molecule has 7 nitrogen and oxygen atoms in total. The number of rotatable bonds is 6. The van der Waals surface area contributed by atoms with E-state index in [1.54, 1.807) is 30.8 Å². The lowest BCUT2D eigenvalue weighted by Gasteiger charge is -2.35. The quantitative estimate of drug-likeness (QED) is 0.864. The Hall–Kier alpha value is -2.15. The zero-order chi connectivity index (χ0) is 15.2. The Morgan fingerprint density at radius 2 is 2.27 bits per heavy atom. The van der Waals surface area contributed by atoms with Crippen molar-refractivity contribution in [3.8, 4) is 0 Å². The van der Waals surface area contributed by atoms with Crippen LogP contribution in [-0.4, -0.2) is 45.3 Å². The van der Waals surface area contributed by atoms with Gasteiger partial charge in [-0.05, 0) is 25.5 Å². The van der Waals surface area contributed by atoms with Gasteiger partial charge in [0, 0.05) is 31.4 Å². The molecule has 7 heteroatoms. The molecule has 0 aromatic carbocycles. The molecule has 0 amide bonds. The molecule has 1 fully saturated rings. The summed E-state index contributed by atoms with van der Waals surface area (Å²) in [7, 11) is 0. The van der Waals surface area contributed by atoms with E-state index in [1.165, 1.54) is 17.5 Å². The molecule has 1 aliphatic heterocycles. The van der Waals surface area contributed by atoms with Gasteiger partial charge >= 0.3 is 0 Å².